The van der Waals surface area contributed by atoms with Crippen LogP contribution in [0.15, 0.2) is 48.0 Å². The van der Waals surface area contributed by atoms with Crippen LogP contribution in [-0.4, -0.2) is 59.7 Å². The number of anilines is 2. The summed E-state index contributed by atoms with van der Waals surface area (Å²) in [5.74, 6) is -0.786. The fourth-order valence-electron chi connectivity index (χ4n) is 3.40. The van der Waals surface area contributed by atoms with E-state index in [1.807, 2.05) is 0 Å². The average molecular weight is 500 g/mol. The van der Waals surface area contributed by atoms with Gasteiger partial charge in [0.1, 0.15) is 17.7 Å². The number of ether oxygens (including phenoxy) is 1. The van der Waals surface area contributed by atoms with Crippen LogP contribution < -0.4 is 10.1 Å². The van der Waals surface area contributed by atoms with E-state index >= 15 is 0 Å². The number of aliphatic hydroxyl groups excluding tert-OH is 2. The Labute approximate surface area is 194 Å². The number of aromatic nitrogens is 1. The summed E-state index contributed by atoms with van der Waals surface area (Å²) < 4.78 is 66.5. The molecule has 0 saturated carbocycles. The van der Waals surface area contributed by atoms with E-state index in [-0.39, 0.29) is 35.7 Å². The van der Waals surface area contributed by atoms with Crippen molar-refractivity contribution in [3.05, 3.63) is 59.1 Å². The maximum atomic E-state index is 12.4. The molecule has 184 valence electrons. The van der Waals surface area contributed by atoms with E-state index in [1.54, 1.807) is 6.92 Å². The van der Waals surface area contributed by atoms with Gasteiger partial charge in [0.05, 0.1) is 6.61 Å². The van der Waals surface area contributed by atoms with E-state index in [0.29, 0.717) is 5.69 Å². The molecule has 9 nitrogen and oxygen atoms in total. The van der Waals surface area contributed by atoms with Crippen molar-refractivity contribution in [2.45, 2.75) is 19.4 Å². The number of rotatable bonds is 9. The molecule has 0 spiro atoms. The van der Waals surface area contributed by atoms with Crippen molar-refractivity contribution in [1.29, 1.82) is 5.41 Å². The molecule has 1 atom stereocenters. The van der Waals surface area contributed by atoms with E-state index in [9.17, 15) is 31.8 Å². The van der Waals surface area contributed by atoms with Crippen molar-refractivity contribution < 1.29 is 36.5 Å². The van der Waals surface area contributed by atoms with Crippen LogP contribution in [0.4, 0.5) is 24.7 Å². The minimum atomic E-state index is -4.83. The van der Waals surface area contributed by atoms with Crippen molar-refractivity contribution in [2.75, 3.05) is 25.0 Å². The Morgan fingerprint density at radius 1 is 1.32 bits per heavy atom. The van der Waals surface area contributed by atoms with Gasteiger partial charge in [-0.05, 0) is 42.8 Å². The van der Waals surface area contributed by atoms with E-state index in [2.05, 4.69) is 15.0 Å². The molecule has 0 amide bonds. The topological polar surface area (TPSA) is 136 Å². The monoisotopic (exact) mass is 500 g/mol. The zero-order chi connectivity index (χ0) is 25.1. The van der Waals surface area contributed by atoms with Crippen molar-refractivity contribution in [3.63, 3.8) is 0 Å². The first kappa shape index (κ1) is 25.6. The Kier molecular flexibility index (Phi) is 7.60. The van der Waals surface area contributed by atoms with Gasteiger partial charge in [0.15, 0.2) is 0 Å². The second kappa shape index (κ2) is 10.1. The maximum Gasteiger partial charge on any atom is 0.573 e. The van der Waals surface area contributed by atoms with E-state index in [1.165, 1.54) is 34.8 Å². The van der Waals surface area contributed by atoms with E-state index in [0.717, 1.165) is 17.5 Å². The molecule has 1 aromatic carbocycles. The fourth-order valence-corrected chi connectivity index (χ4v) is 4.69. The molecule has 0 unspecified atom stereocenters. The summed E-state index contributed by atoms with van der Waals surface area (Å²) in [5.41, 5.74) is 0.712. The smallest absolute Gasteiger partial charge is 0.406 e. The molecule has 4 N–H and O–H groups in total. The highest BCUT2D eigenvalue weighted by Crippen LogP contribution is 2.33. The SMILES string of the molecule is C/C=C/S(=O)(=O)N1CC(C(=N)c2c([C@@H](O)CO)ccnc2Nc2ccc(OC(F)(F)F)cc2)C1. The van der Waals surface area contributed by atoms with E-state index < -0.39 is 40.8 Å². The summed E-state index contributed by atoms with van der Waals surface area (Å²) in [6, 6.07) is 6.27. The number of pyridine rings is 1. The minimum Gasteiger partial charge on any atom is -0.406 e. The molecular formula is C21H23F3N4O5S. The molecule has 1 saturated heterocycles. The Hall–Kier alpha value is -3.00. The number of alkyl halides is 3. The molecule has 34 heavy (non-hydrogen) atoms. The number of nitrogens with zero attached hydrogens (tertiary/aromatic N) is 2. The standard InChI is InChI=1S/C21H23F3N4O5S/c1-2-9-34(31,32)28-10-13(11-28)19(25)18-16(17(30)12-29)7-8-26-20(18)27-14-3-5-15(6-4-14)33-21(22,23)24/h2-9,13,17,25,29-30H,10-12H2,1H3,(H,26,27)/b9-2+,25-19?/t17-/m0/s1. The molecular weight excluding hydrogens is 477 g/mol. The van der Waals surface area contributed by atoms with Crippen molar-refractivity contribution in [2.24, 2.45) is 5.92 Å². The number of sulfonamides is 1. The first-order chi connectivity index (χ1) is 15.9. The minimum absolute atomic E-state index is 0.00190. The zero-order valence-corrected chi connectivity index (χ0v) is 18.8. The normalized spacial score (nSPS) is 16.3. The molecule has 1 fully saturated rings. The zero-order valence-electron chi connectivity index (χ0n) is 18.0. The molecule has 2 aromatic rings. The maximum absolute atomic E-state index is 12.4. The predicted molar refractivity (Wildman–Crippen MR) is 118 cm³/mol. The molecule has 2 heterocycles. The number of allylic oxidation sites excluding steroid dienone is 1. The third-order valence-corrected chi connectivity index (χ3v) is 6.69. The second-order valence-electron chi connectivity index (χ2n) is 7.46. The van der Waals surface area contributed by atoms with Crippen LogP contribution >= 0.6 is 0 Å². The molecule has 0 radical (unpaired) electrons. The van der Waals surface area contributed by atoms with Gasteiger partial charge in [-0.3, -0.25) is 0 Å². The van der Waals surface area contributed by atoms with Gasteiger partial charge in [-0.2, -0.15) is 4.31 Å². The molecule has 13 heteroatoms. The predicted octanol–water partition coefficient (Wildman–Crippen LogP) is 2.91. The van der Waals surface area contributed by atoms with Gasteiger partial charge in [0, 0.05) is 47.6 Å². The lowest BCUT2D eigenvalue weighted by molar-refractivity contribution is -0.274. The van der Waals surface area contributed by atoms with Crippen LogP contribution in [0.3, 0.4) is 0 Å². The number of halogens is 3. The lowest BCUT2D eigenvalue weighted by atomic mass is 9.88. The van der Waals surface area contributed by atoms with Gasteiger partial charge in [-0.1, -0.05) is 6.08 Å². The van der Waals surface area contributed by atoms with Crippen molar-refractivity contribution in [3.8, 4) is 5.75 Å². The molecule has 3 rings (SSSR count). The number of nitrogens with one attached hydrogen (secondary N) is 2. The highest BCUT2D eigenvalue weighted by Gasteiger charge is 2.39. The quantitative estimate of drug-likeness (QED) is 0.389. The largest absolute Gasteiger partial charge is 0.573 e. The van der Waals surface area contributed by atoms with Gasteiger partial charge in [-0.15, -0.1) is 13.2 Å². The molecule has 1 aromatic heterocycles. The summed E-state index contributed by atoms with van der Waals surface area (Å²) >= 11 is 0. The molecule has 0 bridgehead atoms. The highest BCUT2D eigenvalue weighted by atomic mass is 32.2. The van der Waals surface area contributed by atoms with Crippen LogP contribution in [0.5, 0.6) is 5.75 Å². The Morgan fingerprint density at radius 3 is 2.53 bits per heavy atom. The van der Waals surface area contributed by atoms with Gasteiger partial charge < -0.3 is 25.7 Å². The summed E-state index contributed by atoms with van der Waals surface area (Å²) in [7, 11) is -3.59. The van der Waals surface area contributed by atoms with Gasteiger partial charge >= 0.3 is 6.36 Å². The lowest BCUT2D eigenvalue weighted by Crippen LogP contribution is -2.52. The van der Waals surface area contributed by atoms with Crippen molar-refractivity contribution >= 4 is 27.2 Å². The van der Waals surface area contributed by atoms with Crippen molar-refractivity contribution in [1.82, 2.24) is 9.29 Å². The third-order valence-electron chi connectivity index (χ3n) is 5.06. The number of hydrogen-bond acceptors (Lipinski definition) is 8. The molecule has 0 aliphatic carbocycles. The average Bonchev–Trinajstić information content (AvgIpc) is 2.72. The summed E-state index contributed by atoms with van der Waals surface area (Å²) in [6.07, 6.45) is -3.41. The Bertz CT molecular complexity index is 1160. The number of hydrogen-bond donors (Lipinski definition) is 4. The summed E-state index contributed by atoms with van der Waals surface area (Å²) in [5, 5.41) is 32.4. The van der Waals surface area contributed by atoms with Crippen LogP contribution in [-0.2, 0) is 10.0 Å². The first-order valence-corrected chi connectivity index (χ1v) is 11.6. The van der Waals surface area contributed by atoms with Gasteiger partial charge in [-0.25, -0.2) is 13.4 Å². The van der Waals surface area contributed by atoms with Crippen LogP contribution in [0.2, 0.25) is 0 Å². The Morgan fingerprint density at radius 2 is 1.97 bits per heavy atom. The van der Waals surface area contributed by atoms with E-state index in [4.69, 9.17) is 5.41 Å². The highest BCUT2D eigenvalue weighted by molar-refractivity contribution is 7.92. The lowest BCUT2D eigenvalue weighted by Gasteiger charge is -2.38. The second-order valence-corrected chi connectivity index (χ2v) is 9.28. The molecule has 1 aliphatic heterocycles. The number of aliphatic hydroxyl groups is 2. The number of benzene rings is 1. The Balaban J connectivity index is 1.87. The van der Waals surface area contributed by atoms with Crippen LogP contribution in [0, 0.1) is 11.3 Å². The van der Waals surface area contributed by atoms with Crippen LogP contribution in [0.25, 0.3) is 0 Å². The first-order valence-electron chi connectivity index (χ1n) is 10.1. The summed E-state index contributed by atoms with van der Waals surface area (Å²) in [6.45, 7) is 1.06. The summed E-state index contributed by atoms with van der Waals surface area (Å²) in [4.78, 5) is 4.19. The third kappa shape index (κ3) is 5.91. The van der Waals surface area contributed by atoms with Crippen LogP contribution in [0.1, 0.15) is 24.2 Å². The van der Waals surface area contributed by atoms with Gasteiger partial charge in [0.2, 0.25) is 10.0 Å². The molecule has 1 aliphatic rings. The van der Waals surface area contributed by atoms with Gasteiger partial charge in [0.25, 0.3) is 0 Å². The fraction of sp³-hybridized carbons (Fsp3) is 0.333.